The smallest absolute Gasteiger partial charge is 0.337 e. The Bertz CT molecular complexity index is 796. The number of nitriles is 1. The van der Waals surface area contributed by atoms with Gasteiger partial charge in [-0.25, -0.2) is 4.79 Å². The van der Waals surface area contributed by atoms with Gasteiger partial charge in [-0.15, -0.1) is 0 Å². The fraction of sp³-hybridized carbons (Fsp3) is 0.167. The molecule has 0 bridgehead atoms. The van der Waals surface area contributed by atoms with E-state index in [1.807, 2.05) is 6.07 Å². The van der Waals surface area contributed by atoms with Crippen molar-refractivity contribution in [2.75, 3.05) is 12.4 Å². The number of methoxy groups -OCH3 is 1. The molecule has 6 heteroatoms. The lowest BCUT2D eigenvalue weighted by atomic mass is 10.2. The zero-order chi connectivity index (χ0) is 17.5. The van der Waals surface area contributed by atoms with Crippen molar-refractivity contribution in [1.29, 1.82) is 5.26 Å². The molecule has 1 N–H and O–H groups in total. The lowest BCUT2D eigenvalue weighted by molar-refractivity contribution is -0.122. The van der Waals surface area contributed by atoms with Crippen LogP contribution in [0.2, 0.25) is 0 Å². The zero-order valence-electron chi connectivity index (χ0n) is 13.3. The summed E-state index contributed by atoms with van der Waals surface area (Å²) in [4.78, 5) is 23.7. The second-order valence-electron chi connectivity index (χ2n) is 4.96. The van der Waals surface area contributed by atoms with Crippen molar-refractivity contribution in [3.05, 3.63) is 59.7 Å². The Labute approximate surface area is 139 Å². The highest BCUT2D eigenvalue weighted by atomic mass is 16.5. The van der Waals surface area contributed by atoms with E-state index in [0.29, 0.717) is 22.6 Å². The fourth-order valence-electron chi connectivity index (χ4n) is 1.98. The molecule has 0 unspecified atom stereocenters. The van der Waals surface area contributed by atoms with Crippen LogP contribution < -0.4 is 10.1 Å². The van der Waals surface area contributed by atoms with Crippen LogP contribution in [0.3, 0.4) is 0 Å². The number of hydrogen-bond acceptors (Lipinski definition) is 5. The van der Waals surface area contributed by atoms with Gasteiger partial charge in [0.05, 0.1) is 24.3 Å². The van der Waals surface area contributed by atoms with Crippen LogP contribution >= 0.6 is 0 Å². The second kappa shape index (κ2) is 7.79. The Morgan fingerprint density at radius 3 is 2.62 bits per heavy atom. The van der Waals surface area contributed by atoms with E-state index in [-0.39, 0.29) is 5.91 Å². The summed E-state index contributed by atoms with van der Waals surface area (Å²) in [6.07, 6.45) is -0.788. The topological polar surface area (TPSA) is 88.4 Å². The number of ether oxygens (including phenoxy) is 2. The van der Waals surface area contributed by atoms with E-state index in [0.717, 1.165) is 0 Å². The van der Waals surface area contributed by atoms with Gasteiger partial charge in [-0.05, 0) is 43.3 Å². The van der Waals surface area contributed by atoms with Crippen molar-refractivity contribution < 1.29 is 19.1 Å². The van der Waals surface area contributed by atoms with Gasteiger partial charge < -0.3 is 14.8 Å². The molecule has 0 heterocycles. The first kappa shape index (κ1) is 17.0. The number of nitrogens with zero attached hydrogens (tertiary/aromatic N) is 1. The monoisotopic (exact) mass is 324 g/mol. The second-order valence-corrected chi connectivity index (χ2v) is 4.96. The molecule has 122 valence electrons. The molecule has 0 fully saturated rings. The highest BCUT2D eigenvalue weighted by Gasteiger charge is 2.16. The van der Waals surface area contributed by atoms with Crippen molar-refractivity contribution >= 4 is 17.6 Å². The first-order valence-corrected chi connectivity index (χ1v) is 7.19. The molecule has 0 saturated carbocycles. The molecule has 2 aromatic rings. The normalized spacial score (nSPS) is 11.0. The van der Waals surface area contributed by atoms with Gasteiger partial charge in [-0.1, -0.05) is 12.1 Å². The molecule has 6 nitrogen and oxygen atoms in total. The summed E-state index contributed by atoms with van der Waals surface area (Å²) in [5, 5.41) is 11.5. The Morgan fingerprint density at radius 2 is 1.92 bits per heavy atom. The number of carbonyl (C=O) groups is 2. The molecule has 0 aliphatic heterocycles. The summed E-state index contributed by atoms with van der Waals surface area (Å²) in [5.41, 5.74) is 1.30. The van der Waals surface area contributed by atoms with Gasteiger partial charge in [-0.2, -0.15) is 5.26 Å². The first-order valence-electron chi connectivity index (χ1n) is 7.19. The molecule has 0 radical (unpaired) electrons. The molecule has 2 aromatic carbocycles. The van der Waals surface area contributed by atoms with E-state index in [1.54, 1.807) is 49.4 Å². The van der Waals surface area contributed by atoms with E-state index in [4.69, 9.17) is 10.00 Å². The largest absolute Gasteiger partial charge is 0.481 e. The quantitative estimate of drug-likeness (QED) is 0.854. The van der Waals surface area contributed by atoms with E-state index >= 15 is 0 Å². The summed E-state index contributed by atoms with van der Waals surface area (Å²) < 4.78 is 10.2. The molecular formula is C18H16N2O4. The molecule has 0 aliphatic carbocycles. The number of amides is 1. The Hall–Kier alpha value is -3.33. The van der Waals surface area contributed by atoms with Gasteiger partial charge >= 0.3 is 5.97 Å². The van der Waals surface area contributed by atoms with Crippen LogP contribution in [0.15, 0.2) is 48.5 Å². The van der Waals surface area contributed by atoms with Crippen LogP contribution in [-0.2, 0) is 9.53 Å². The van der Waals surface area contributed by atoms with E-state index in [9.17, 15) is 9.59 Å². The van der Waals surface area contributed by atoms with E-state index < -0.39 is 12.1 Å². The minimum atomic E-state index is -0.788. The summed E-state index contributed by atoms with van der Waals surface area (Å²) in [6, 6.07) is 15.0. The SMILES string of the molecule is COC(=O)c1cccc(O[C@@H](C)C(=O)Nc2cccc(C#N)c2)c1. The van der Waals surface area contributed by atoms with E-state index in [1.165, 1.54) is 13.2 Å². The molecule has 1 atom stereocenters. The third-order valence-electron chi connectivity index (χ3n) is 3.20. The van der Waals surface area contributed by atoms with Gasteiger partial charge in [0, 0.05) is 5.69 Å². The Balaban J connectivity index is 2.03. The number of nitrogens with one attached hydrogen (secondary N) is 1. The molecule has 0 aliphatic rings. The standard InChI is InChI=1S/C18H16N2O4/c1-12(17(21)20-15-7-3-5-13(9-15)11-19)24-16-8-4-6-14(10-16)18(22)23-2/h3-10,12H,1-2H3,(H,20,21)/t12-/m0/s1. The fourth-order valence-corrected chi connectivity index (χ4v) is 1.98. The van der Waals surface area contributed by atoms with Gasteiger partial charge in [0.25, 0.3) is 5.91 Å². The summed E-state index contributed by atoms with van der Waals surface area (Å²) in [7, 11) is 1.29. The highest BCUT2D eigenvalue weighted by Crippen LogP contribution is 2.17. The Kier molecular flexibility index (Phi) is 5.53. The molecular weight excluding hydrogens is 308 g/mol. The van der Waals surface area contributed by atoms with Crippen LogP contribution in [-0.4, -0.2) is 25.1 Å². The maximum Gasteiger partial charge on any atom is 0.337 e. The Morgan fingerprint density at radius 1 is 1.17 bits per heavy atom. The van der Waals surface area contributed by atoms with Crippen molar-refractivity contribution in [1.82, 2.24) is 0 Å². The third kappa shape index (κ3) is 4.34. The van der Waals surface area contributed by atoms with Crippen molar-refractivity contribution in [2.24, 2.45) is 0 Å². The first-order chi connectivity index (χ1) is 11.5. The number of carbonyl (C=O) groups excluding carboxylic acids is 2. The molecule has 2 rings (SSSR count). The van der Waals surface area contributed by atoms with Gasteiger partial charge in [-0.3, -0.25) is 4.79 Å². The third-order valence-corrected chi connectivity index (χ3v) is 3.20. The predicted octanol–water partition coefficient (Wildman–Crippen LogP) is 2.75. The number of benzene rings is 2. The average Bonchev–Trinajstić information content (AvgIpc) is 2.61. The van der Waals surface area contributed by atoms with Crippen LogP contribution in [0.1, 0.15) is 22.8 Å². The van der Waals surface area contributed by atoms with Gasteiger partial charge in [0.2, 0.25) is 0 Å². The average molecular weight is 324 g/mol. The lowest BCUT2D eigenvalue weighted by Gasteiger charge is -2.15. The number of hydrogen-bond donors (Lipinski definition) is 1. The summed E-state index contributed by atoms with van der Waals surface area (Å²) in [5.74, 6) is -0.467. The molecule has 0 aromatic heterocycles. The van der Waals surface area contributed by atoms with E-state index in [2.05, 4.69) is 10.1 Å². The van der Waals surface area contributed by atoms with Gasteiger partial charge in [0.1, 0.15) is 5.75 Å². The maximum absolute atomic E-state index is 12.2. The highest BCUT2D eigenvalue weighted by molar-refractivity contribution is 5.94. The lowest BCUT2D eigenvalue weighted by Crippen LogP contribution is -2.30. The van der Waals surface area contributed by atoms with Crippen LogP contribution in [0, 0.1) is 11.3 Å². The predicted molar refractivity (Wildman–Crippen MR) is 87.7 cm³/mol. The maximum atomic E-state index is 12.2. The number of anilines is 1. The summed E-state index contributed by atoms with van der Waals surface area (Å²) >= 11 is 0. The molecule has 0 spiro atoms. The zero-order valence-corrected chi connectivity index (χ0v) is 13.3. The van der Waals surface area contributed by atoms with Gasteiger partial charge in [0.15, 0.2) is 6.10 Å². The van der Waals surface area contributed by atoms with Crippen molar-refractivity contribution in [3.63, 3.8) is 0 Å². The van der Waals surface area contributed by atoms with Crippen LogP contribution in [0.4, 0.5) is 5.69 Å². The minimum absolute atomic E-state index is 0.337. The molecule has 24 heavy (non-hydrogen) atoms. The summed E-state index contributed by atoms with van der Waals surface area (Å²) in [6.45, 7) is 1.59. The van der Waals surface area contributed by atoms with Crippen molar-refractivity contribution in [2.45, 2.75) is 13.0 Å². The molecule has 0 saturated heterocycles. The van der Waals surface area contributed by atoms with Crippen LogP contribution in [0.5, 0.6) is 5.75 Å². The molecule has 1 amide bonds. The number of esters is 1. The minimum Gasteiger partial charge on any atom is -0.481 e. The van der Waals surface area contributed by atoms with Crippen LogP contribution in [0.25, 0.3) is 0 Å². The van der Waals surface area contributed by atoms with Crippen molar-refractivity contribution in [3.8, 4) is 11.8 Å². The number of rotatable bonds is 5.